The Kier molecular flexibility index (Phi) is 5.58. The van der Waals surface area contributed by atoms with Crippen LogP contribution in [0, 0.1) is 0 Å². The molecule has 0 saturated carbocycles. The standard InChI is InChI=1S/C16H24N2O3S/c1-13(2)18(10-14-6-4-3-5-7-14)11-16(19)17-15-8-9-22(20,21)12-15/h3-7,13,15H,8-12H2,1-2H3,(H,17,19). The lowest BCUT2D eigenvalue weighted by Gasteiger charge is -2.26. The van der Waals surface area contributed by atoms with Gasteiger partial charge in [-0.2, -0.15) is 0 Å². The van der Waals surface area contributed by atoms with Gasteiger partial charge in [0.15, 0.2) is 9.84 Å². The van der Waals surface area contributed by atoms with Gasteiger partial charge in [-0.25, -0.2) is 8.42 Å². The van der Waals surface area contributed by atoms with Crippen LogP contribution in [0.2, 0.25) is 0 Å². The molecule has 1 heterocycles. The zero-order chi connectivity index (χ0) is 16.2. The van der Waals surface area contributed by atoms with Gasteiger partial charge in [0.25, 0.3) is 0 Å². The Bertz CT molecular complexity index is 599. The van der Waals surface area contributed by atoms with E-state index >= 15 is 0 Å². The van der Waals surface area contributed by atoms with Crippen molar-refractivity contribution in [3.63, 3.8) is 0 Å². The molecule has 2 rings (SSSR count). The fourth-order valence-corrected chi connectivity index (χ4v) is 4.28. The van der Waals surface area contributed by atoms with E-state index in [9.17, 15) is 13.2 Å². The first kappa shape index (κ1) is 17.0. The van der Waals surface area contributed by atoms with Gasteiger partial charge in [0, 0.05) is 18.6 Å². The molecule has 1 saturated heterocycles. The fraction of sp³-hybridized carbons (Fsp3) is 0.562. The van der Waals surface area contributed by atoms with Crippen molar-refractivity contribution in [1.82, 2.24) is 10.2 Å². The molecule has 1 N–H and O–H groups in total. The van der Waals surface area contributed by atoms with E-state index in [0.717, 1.165) is 5.56 Å². The SMILES string of the molecule is CC(C)N(CC(=O)NC1CCS(=O)(=O)C1)Cc1ccccc1. The molecule has 0 aliphatic carbocycles. The number of nitrogens with one attached hydrogen (secondary N) is 1. The number of hydrogen-bond acceptors (Lipinski definition) is 4. The Morgan fingerprint density at radius 1 is 1.32 bits per heavy atom. The molecule has 5 nitrogen and oxygen atoms in total. The highest BCUT2D eigenvalue weighted by Crippen LogP contribution is 2.12. The molecule has 1 fully saturated rings. The molecular weight excluding hydrogens is 300 g/mol. The molecule has 6 heteroatoms. The highest BCUT2D eigenvalue weighted by Gasteiger charge is 2.29. The van der Waals surface area contributed by atoms with Crippen LogP contribution in [0.25, 0.3) is 0 Å². The summed E-state index contributed by atoms with van der Waals surface area (Å²) < 4.78 is 22.9. The Morgan fingerprint density at radius 2 is 2.00 bits per heavy atom. The Balaban J connectivity index is 1.89. The molecule has 1 aliphatic rings. The van der Waals surface area contributed by atoms with Crippen molar-refractivity contribution < 1.29 is 13.2 Å². The van der Waals surface area contributed by atoms with Gasteiger partial charge in [-0.05, 0) is 25.8 Å². The van der Waals surface area contributed by atoms with Crippen molar-refractivity contribution in [1.29, 1.82) is 0 Å². The smallest absolute Gasteiger partial charge is 0.234 e. The molecule has 0 radical (unpaired) electrons. The van der Waals surface area contributed by atoms with Crippen molar-refractivity contribution in [2.24, 2.45) is 0 Å². The number of benzene rings is 1. The average Bonchev–Trinajstić information content (AvgIpc) is 2.78. The Hall–Kier alpha value is -1.40. The summed E-state index contributed by atoms with van der Waals surface area (Å²) in [5.74, 6) is 0.140. The number of rotatable bonds is 6. The van der Waals surface area contributed by atoms with Gasteiger partial charge >= 0.3 is 0 Å². The van der Waals surface area contributed by atoms with Crippen LogP contribution < -0.4 is 5.32 Å². The maximum atomic E-state index is 12.2. The van der Waals surface area contributed by atoms with Crippen LogP contribution in [0.5, 0.6) is 0 Å². The van der Waals surface area contributed by atoms with Crippen LogP contribution in [-0.2, 0) is 21.2 Å². The topological polar surface area (TPSA) is 66.5 Å². The van der Waals surface area contributed by atoms with Gasteiger partial charge in [0.1, 0.15) is 0 Å². The lowest BCUT2D eigenvalue weighted by molar-refractivity contribution is -0.123. The lowest BCUT2D eigenvalue weighted by Crippen LogP contribution is -2.44. The highest BCUT2D eigenvalue weighted by molar-refractivity contribution is 7.91. The molecule has 1 amide bonds. The second kappa shape index (κ2) is 7.24. The van der Waals surface area contributed by atoms with Gasteiger partial charge in [-0.15, -0.1) is 0 Å². The number of nitrogens with zero attached hydrogens (tertiary/aromatic N) is 1. The zero-order valence-electron chi connectivity index (χ0n) is 13.2. The molecule has 0 spiro atoms. The first-order valence-electron chi connectivity index (χ1n) is 7.63. The highest BCUT2D eigenvalue weighted by atomic mass is 32.2. The second-order valence-electron chi connectivity index (χ2n) is 6.15. The molecular formula is C16H24N2O3S. The maximum Gasteiger partial charge on any atom is 0.234 e. The largest absolute Gasteiger partial charge is 0.351 e. The van der Waals surface area contributed by atoms with Crippen molar-refractivity contribution >= 4 is 15.7 Å². The van der Waals surface area contributed by atoms with Crippen molar-refractivity contribution in [2.45, 2.75) is 38.9 Å². The molecule has 0 bridgehead atoms. The third-order valence-electron chi connectivity index (χ3n) is 3.90. The molecule has 1 aromatic rings. The van der Waals surface area contributed by atoms with Crippen LogP contribution in [0.15, 0.2) is 30.3 Å². The van der Waals surface area contributed by atoms with E-state index in [4.69, 9.17) is 0 Å². The zero-order valence-corrected chi connectivity index (χ0v) is 14.0. The van der Waals surface area contributed by atoms with Crippen LogP contribution in [-0.4, -0.2) is 49.4 Å². The second-order valence-corrected chi connectivity index (χ2v) is 8.38. The van der Waals surface area contributed by atoms with E-state index < -0.39 is 9.84 Å². The molecule has 1 atom stereocenters. The summed E-state index contributed by atoms with van der Waals surface area (Å²) in [6.45, 7) is 5.09. The number of sulfone groups is 1. The fourth-order valence-electron chi connectivity index (χ4n) is 2.61. The third-order valence-corrected chi connectivity index (χ3v) is 5.67. The number of amides is 1. The quantitative estimate of drug-likeness (QED) is 0.854. The molecule has 1 aliphatic heterocycles. The minimum Gasteiger partial charge on any atom is -0.351 e. The molecule has 122 valence electrons. The Labute approximate surface area is 132 Å². The predicted octanol–water partition coefficient (Wildman–Crippen LogP) is 1.20. The van der Waals surface area contributed by atoms with Crippen molar-refractivity contribution in [3.8, 4) is 0 Å². The van der Waals surface area contributed by atoms with E-state index in [-0.39, 0.29) is 36.0 Å². The Morgan fingerprint density at radius 3 is 2.55 bits per heavy atom. The first-order valence-corrected chi connectivity index (χ1v) is 9.45. The summed E-state index contributed by atoms with van der Waals surface area (Å²) in [5, 5.41) is 2.85. The van der Waals surface area contributed by atoms with Crippen LogP contribution >= 0.6 is 0 Å². The summed E-state index contributed by atoms with van der Waals surface area (Å²) in [7, 11) is -2.96. The van der Waals surface area contributed by atoms with Crippen LogP contribution in [0.3, 0.4) is 0 Å². The van der Waals surface area contributed by atoms with E-state index in [1.807, 2.05) is 30.3 Å². The molecule has 22 heavy (non-hydrogen) atoms. The van der Waals surface area contributed by atoms with Crippen molar-refractivity contribution in [3.05, 3.63) is 35.9 Å². The monoisotopic (exact) mass is 324 g/mol. The lowest BCUT2D eigenvalue weighted by atomic mass is 10.2. The van der Waals surface area contributed by atoms with Gasteiger partial charge in [0.2, 0.25) is 5.91 Å². The van der Waals surface area contributed by atoms with Gasteiger partial charge in [-0.3, -0.25) is 9.69 Å². The number of carbonyl (C=O) groups excluding carboxylic acids is 1. The van der Waals surface area contributed by atoms with Crippen LogP contribution in [0.4, 0.5) is 0 Å². The third kappa shape index (κ3) is 5.10. The van der Waals surface area contributed by atoms with Crippen LogP contribution in [0.1, 0.15) is 25.8 Å². The summed E-state index contributed by atoms with van der Waals surface area (Å²) in [6, 6.07) is 10.0. The first-order chi connectivity index (χ1) is 10.4. The minimum absolute atomic E-state index is 0.0686. The summed E-state index contributed by atoms with van der Waals surface area (Å²) in [6.07, 6.45) is 0.522. The number of carbonyl (C=O) groups is 1. The molecule has 1 aromatic carbocycles. The normalized spacial score (nSPS) is 20.5. The molecule has 0 aromatic heterocycles. The van der Waals surface area contributed by atoms with E-state index in [0.29, 0.717) is 13.0 Å². The minimum atomic E-state index is -2.96. The maximum absolute atomic E-state index is 12.2. The van der Waals surface area contributed by atoms with E-state index in [2.05, 4.69) is 24.1 Å². The summed E-state index contributed by atoms with van der Waals surface area (Å²) >= 11 is 0. The van der Waals surface area contributed by atoms with Gasteiger partial charge < -0.3 is 5.32 Å². The van der Waals surface area contributed by atoms with E-state index in [1.165, 1.54) is 0 Å². The summed E-state index contributed by atoms with van der Waals surface area (Å²) in [5.41, 5.74) is 1.16. The van der Waals surface area contributed by atoms with Gasteiger partial charge in [-0.1, -0.05) is 30.3 Å². The average molecular weight is 324 g/mol. The predicted molar refractivity (Wildman–Crippen MR) is 87.2 cm³/mol. The molecule has 1 unspecified atom stereocenters. The summed E-state index contributed by atoms with van der Waals surface area (Å²) in [4.78, 5) is 14.2. The number of hydrogen-bond donors (Lipinski definition) is 1. The van der Waals surface area contributed by atoms with E-state index in [1.54, 1.807) is 0 Å². The van der Waals surface area contributed by atoms with Crippen molar-refractivity contribution in [2.75, 3.05) is 18.1 Å². The van der Waals surface area contributed by atoms with Gasteiger partial charge in [0.05, 0.1) is 18.1 Å².